The molecule has 0 fully saturated rings. The molecule has 0 saturated heterocycles. The van der Waals surface area contributed by atoms with Gasteiger partial charge >= 0.3 is 0 Å². The van der Waals surface area contributed by atoms with E-state index in [9.17, 15) is 0 Å². The zero-order chi connectivity index (χ0) is 12.5. The maximum absolute atomic E-state index is 5.02. The van der Waals surface area contributed by atoms with Crippen molar-refractivity contribution in [3.8, 4) is 24.2 Å². The summed E-state index contributed by atoms with van der Waals surface area (Å²) >= 11 is 3.35. The van der Waals surface area contributed by atoms with Gasteiger partial charge in [0, 0.05) is 11.8 Å². The van der Waals surface area contributed by atoms with Crippen LogP contribution in [0.25, 0.3) is 0 Å². The molecule has 0 aliphatic carbocycles. The lowest BCUT2D eigenvalue weighted by atomic mass is 10.2. The van der Waals surface area contributed by atoms with Gasteiger partial charge in [-0.15, -0.1) is 12.3 Å². The summed E-state index contributed by atoms with van der Waals surface area (Å²) in [5, 5.41) is 1.17. The number of hydrogen-bond donors (Lipinski definition) is 0. The van der Waals surface area contributed by atoms with E-state index in [1.807, 2.05) is 0 Å². The van der Waals surface area contributed by atoms with Crippen LogP contribution in [0.1, 0.15) is 65.2 Å². The molecule has 0 saturated carbocycles. The summed E-state index contributed by atoms with van der Waals surface area (Å²) in [4.78, 5) is 0. The van der Waals surface area contributed by atoms with Gasteiger partial charge in [0.2, 0.25) is 0 Å². The third-order valence-corrected chi connectivity index (χ3v) is 2.52. The van der Waals surface area contributed by atoms with Gasteiger partial charge < -0.3 is 0 Å². The maximum Gasteiger partial charge on any atom is 0.0700 e. The Bertz CT molecular complexity index is 198. The lowest BCUT2D eigenvalue weighted by Crippen LogP contribution is -1.70. The molecule has 0 aromatic heterocycles. The Morgan fingerprint density at radius 3 is 2.00 bits per heavy atom. The quantitative estimate of drug-likeness (QED) is 0.359. The highest BCUT2D eigenvalue weighted by Crippen LogP contribution is 1.96. The van der Waals surface area contributed by atoms with Gasteiger partial charge in [0.15, 0.2) is 0 Å². The Morgan fingerprint density at radius 1 is 0.938 bits per heavy atom. The monoisotopic (exact) mass is 284 g/mol. The topological polar surface area (TPSA) is 0 Å². The summed E-state index contributed by atoms with van der Waals surface area (Å²) in [5.41, 5.74) is 0. The van der Waals surface area contributed by atoms with Crippen LogP contribution in [0.2, 0.25) is 0 Å². The van der Waals surface area contributed by atoms with Gasteiger partial charge in [0.1, 0.15) is 0 Å². The Kier molecular flexibility index (Phi) is 22.6. The third-order valence-electron chi connectivity index (χ3n) is 1.96. The Morgan fingerprint density at radius 2 is 1.56 bits per heavy atom. The van der Waals surface area contributed by atoms with Gasteiger partial charge in [0.25, 0.3) is 0 Å². The average Bonchev–Trinajstić information content (AvgIpc) is 2.32. The summed E-state index contributed by atoms with van der Waals surface area (Å²) in [6.07, 6.45) is 14.4. The first-order valence-corrected chi connectivity index (χ1v) is 7.40. The van der Waals surface area contributed by atoms with Gasteiger partial charge in [-0.25, -0.2) is 0 Å². The third kappa shape index (κ3) is 23.4. The molecular formula is C15H25Br. The minimum absolute atomic E-state index is 0.603. The fourth-order valence-electron chi connectivity index (χ4n) is 1.01. The first-order chi connectivity index (χ1) is 7.83. The lowest BCUT2D eigenvalue weighted by molar-refractivity contribution is 0.737. The number of hydrogen-bond acceptors (Lipinski definition) is 0. The van der Waals surface area contributed by atoms with Crippen LogP contribution in [-0.2, 0) is 0 Å². The molecule has 0 aromatic carbocycles. The van der Waals surface area contributed by atoms with Crippen molar-refractivity contribution < 1.29 is 0 Å². The van der Waals surface area contributed by atoms with E-state index < -0.39 is 0 Å². The Hall–Kier alpha value is -0.400. The molecule has 0 bridgehead atoms. The second-order valence-electron chi connectivity index (χ2n) is 3.59. The second-order valence-corrected chi connectivity index (χ2v) is 4.38. The van der Waals surface area contributed by atoms with Gasteiger partial charge in [-0.3, -0.25) is 0 Å². The largest absolute Gasteiger partial charge is 0.119 e. The molecule has 0 aromatic rings. The van der Waals surface area contributed by atoms with E-state index >= 15 is 0 Å². The van der Waals surface area contributed by atoms with Crippen molar-refractivity contribution in [1.29, 1.82) is 0 Å². The molecule has 0 unspecified atom stereocenters. The van der Waals surface area contributed by atoms with Crippen LogP contribution in [0, 0.1) is 24.2 Å². The maximum atomic E-state index is 5.02. The lowest BCUT2D eigenvalue weighted by Gasteiger charge is -1.87. The molecule has 0 aliphatic heterocycles. The molecule has 0 heterocycles. The van der Waals surface area contributed by atoms with E-state index in [-0.39, 0.29) is 0 Å². The second kappa shape index (κ2) is 20.1. The van der Waals surface area contributed by atoms with Crippen LogP contribution >= 0.6 is 15.9 Å². The molecule has 0 N–H and O–H groups in total. The summed E-state index contributed by atoms with van der Waals surface area (Å²) in [5.74, 6) is 8.42. The SMILES string of the molecule is C#CCC#CCCCCC.CCCCCBr. The first kappa shape index (κ1) is 18.0. The molecule has 0 atom stereocenters. The molecule has 16 heavy (non-hydrogen) atoms. The summed E-state index contributed by atoms with van der Waals surface area (Å²) in [6.45, 7) is 4.40. The van der Waals surface area contributed by atoms with Gasteiger partial charge in [0.05, 0.1) is 6.42 Å². The highest BCUT2D eigenvalue weighted by Gasteiger charge is 1.79. The van der Waals surface area contributed by atoms with Crippen molar-refractivity contribution in [2.75, 3.05) is 5.33 Å². The smallest absolute Gasteiger partial charge is 0.0700 e. The standard InChI is InChI=1S/C10H14.C5H11Br/c1-3-5-7-9-10-8-6-4-2;1-2-3-4-5-6/h1H,4-6,8,10H2,2H3;2-5H2,1H3. The van der Waals surface area contributed by atoms with Crippen molar-refractivity contribution in [3.63, 3.8) is 0 Å². The summed E-state index contributed by atoms with van der Waals surface area (Å²) in [7, 11) is 0. The highest BCUT2D eigenvalue weighted by molar-refractivity contribution is 9.09. The molecule has 0 spiro atoms. The van der Waals surface area contributed by atoms with E-state index in [0.717, 1.165) is 6.42 Å². The summed E-state index contributed by atoms with van der Waals surface area (Å²) in [6, 6.07) is 0. The first-order valence-electron chi connectivity index (χ1n) is 6.28. The van der Waals surface area contributed by atoms with E-state index in [0.29, 0.717) is 6.42 Å². The normalized spacial score (nSPS) is 8.12. The van der Waals surface area contributed by atoms with Crippen LogP contribution in [0.4, 0.5) is 0 Å². The fraction of sp³-hybridized carbons (Fsp3) is 0.733. The van der Waals surface area contributed by atoms with E-state index in [4.69, 9.17) is 6.42 Å². The van der Waals surface area contributed by atoms with Crippen molar-refractivity contribution in [2.45, 2.75) is 65.2 Å². The van der Waals surface area contributed by atoms with E-state index in [1.165, 1.54) is 43.9 Å². The highest BCUT2D eigenvalue weighted by atomic mass is 79.9. The van der Waals surface area contributed by atoms with Crippen LogP contribution in [0.3, 0.4) is 0 Å². The zero-order valence-electron chi connectivity index (χ0n) is 10.8. The zero-order valence-corrected chi connectivity index (χ0v) is 12.4. The molecule has 0 nitrogen and oxygen atoms in total. The molecule has 0 rings (SSSR count). The van der Waals surface area contributed by atoms with Crippen molar-refractivity contribution in [2.24, 2.45) is 0 Å². The van der Waals surface area contributed by atoms with Crippen LogP contribution in [-0.4, -0.2) is 5.33 Å². The Labute approximate surface area is 111 Å². The molecule has 1 heteroatoms. The number of unbranched alkanes of at least 4 members (excludes halogenated alkanes) is 5. The summed E-state index contributed by atoms with van der Waals surface area (Å²) < 4.78 is 0. The molecule has 0 aliphatic rings. The predicted octanol–water partition coefficient (Wildman–Crippen LogP) is 5.16. The predicted molar refractivity (Wildman–Crippen MR) is 78.7 cm³/mol. The van der Waals surface area contributed by atoms with Gasteiger partial charge in [-0.2, -0.15) is 0 Å². The molecular weight excluding hydrogens is 260 g/mol. The van der Waals surface area contributed by atoms with Crippen molar-refractivity contribution in [3.05, 3.63) is 0 Å². The number of alkyl halides is 1. The molecule has 0 radical (unpaired) electrons. The van der Waals surface area contributed by atoms with Gasteiger partial charge in [-0.05, 0) is 12.8 Å². The fourth-order valence-corrected chi connectivity index (χ4v) is 1.41. The Balaban J connectivity index is 0. The van der Waals surface area contributed by atoms with Crippen molar-refractivity contribution in [1.82, 2.24) is 0 Å². The molecule has 92 valence electrons. The minimum Gasteiger partial charge on any atom is -0.119 e. The van der Waals surface area contributed by atoms with Crippen LogP contribution < -0.4 is 0 Å². The number of terminal acetylenes is 1. The minimum atomic E-state index is 0.603. The van der Waals surface area contributed by atoms with Crippen molar-refractivity contribution >= 4 is 15.9 Å². The van der Waals surface area contributed by atoms with Crippen LogP contribution in [0.5, 0.6) is 0 Å². The molecule has 0 amide bonds. The average molecular weight is 285 g/mol. The van der Waals surface area contributed by atoms with E-state index in [1.54, 1.807) is 0 Å². The van der Waals surface area contributed by atoms with Gasteiger partial charge in [-0.1, -0.05) is 67.3 Å². The van der Waals surface area contributed by atoms with Crippen LogP contribution in [0.15, 0.2) is 0 Å². The number of halogens is 1. The number of rotatable bonds is 6. The van der Waals surface area contributed by atoms with E-state index in [2.05, 4.69) is 47.5 Å².